The highest BCUT2D eigenvalue weighted by atomic mass is 14.9. The average molecular weight is 240 g/mol. The molecule has 18 heavy (non-hydrogen) atoms. The van der Waals surface area contributed by atoms with Gasteiger partial charge in [0.15, 0.2) is 0 Å². The zero-order valence-electron chi connectivity index (χ0n) is 10.6. The molecule has 0 radical (unpaired) electrons. The van der Waals surface area contributed by atoms with Crippen molar-refractivity contribution in [2.75, 3.05) is 0 Å². The molecule has 0 saturated heterocycles. The Morgan fingerprint density at radius 1 is 1.22 bits per heavy atom. The Kier molecular flexibility index (Phi) is 6.98. The molecule has 0 heterocycles. The third-order valence-electron chi connectivity index (χ3n) is 2.58. The third-order valence-corrected chi connectivity index (χ3v) is 2.58. The third kappa shape index (κ3) is 5.30. The minimum Gasteiger partial charge on any atom is -0.385 e. The molecule has 1 aromatic rings. The Bertz CT molecular complexity index is 404. The Balaban J connectivity index is 2.49. The number of hydrogen-bond donors (Lipinski definition) is 1. The summed E-state index contributed by atoms with van der Waals surface area (Å²) in [5.41, 5.74) is 1.29. The van der Waals surface area contributed by atoms with E-state index in [0.29, 0.717) is 6.04 Å². The monoisotopic (exact) mass is 240 g/mol. The van der Waals surface area contributed by atoms with Gasteiger partial charge in [-0.3, -0.25) is 4.99 Å². The van der Waals surface area contributed by atoms with Crippen LogP contribution in [-0.2, 0) is 0 Å². The van der Waals surface area contributed by atoms with Gasteiger partial charge in [0.25, 0.3) is 0 Å². The van der Waals surface area contributed by atoms with Crippen LogP contribution >= 0.6 is 0 Å². The molecule has 2 nitrogen and oxygen atoms in total. The molecule has 0 aliphatic carbocycles. The van der Waals surface area contributed by atoms with Gasteiger partial charge in [0.2, 0.25) is 0 Å². The van der Waals surface area contributed by atoms with Gasteiger partial charge in [-0.05, 0) is 37.4 Å². The van der Waals surface area contributed by atoms with Crippen LogP contribution in [-0.4, -0.2) is 6.72 Å². The van der Waals surface area contributed by atoms with Gasteiger partial charge in [-0.15, -0.1) is 0 Å². The lowest BCUT2D eigenvalue weighted by atomic mass is 10.0. The van der Waals surface area contributed by atoms with Gasteiger partial charge in [-0.25, -0.2) is 0 Å². The molecule has 1 N–H and O–H groups in total. The molecular weight excluding hydrogens is 220 g/mol. The molecule has 0 aliphatic rings. The number of nitrogens with one attached hydrogen (secondary N) is 1. The first-order valence-corrected chi connectivity index (χ1v) is 6.08. The zero-order chi connectivity index (χ0) is 13.1. The van der Waals surface area contributed by atoms with E-state index in [2.05, 4.69) is 53.9 Å². The summed E-state index contributed by atoms with van der Waals surface area (Å²) in [5.74, 6) is 0. The van der Waals surface area contributed by atoms with E-state index >= 15 is 0 Å². The highest BCUT2D eigenvalue weighted by molar-refractivity contribution is 5.26. The Morgan fingerprint density at radius 2 is 2.00 bits per heavy atom. The fraction of sp³-hybridized carbons (Fsp3) is 0.188. The normalized spacial score (nSPS) is 12.7. The van der Waals surface area contributed by atoms with Crippen molar-refractivity contribution in [2.45, 2.75) is 18.9 Å². The quantitative estimate of drug-likeness (QED) is 0.539. The zero-order valence-corrected chi connectivity index (χ0v) is 10.6. The first-order valence-electron chi connectivity index (χ1n) is 6.08. The maximum absolute atomic E-state index is 3.74. The summed E-state index contributed by atoms with van der Waals surface area (Å²) in [6, 6.07) is 10.7. The molecule has 94 valence electrons. The van der Waals surface area contributed by atoms with Gasteiger partial charge >= 0.3 is 0 Å². The molecule has 1 aromatic carbocycles. The predicted octanol–water partition coefficient (Wildman–Crippen LogP) is 4.01. The molecule has 0 bridgehead atoms. The van der Waals surface area contributed by atoms with Gasteiger partial charge in [0, 0.05) is 6.20 Å². The van der Waals surface area contributed by atoms with Gasteiger partial charge in [-0.1, -0.05) is 49.1 Å². The van der Waals surface area contributed by atoms with E-state index in [1.54, 1.807) is 12.4 Å². The number of rotatable bonds is 8. The van der Waals surface area contributed by atoms with Crippen LogP contribution in [0.3, 0.4) is 0 Å². The fourth-order valence-corrected chi connectivity index (χ4v) is 1.72. The summed E-state index contributed by atoms with van der Waals surface area (Å²) in [6.07, 6.45) is 11.5. The van der Waals surface area contributed by atoms with Gasteiger partial charge in [-0.2, -0.15) is 0 Å². The smallest absolute Gasteiger partial charge is 0.0511 e. The first kappa shape index (κ1) is 14.0. The van der Waals surface area contributed by atoms with Crippen molar-refractivity contribution in [1.29, 1.82) is 0 Å². The van der Waals surface area contributed by atoms with E-state index in [0.717, 1.165) is 12.8 Å². The molecule has 1 rings (SSSR count). The summed E-state index contributed by atoms with van der Waals surface area (Å²) in [6.45, 7) is 7.11. The topological polar surface area (TPSA) is 24.4 Å². The number of benzene rings is 1. The molecule has 0 fully saturated rings. The predicted molar refractivity (Wildman–Crippen MR) is 79.6 cm³/mol. The lowest BCUT2D eigenvalue weighted by molar-refractivity contribution is 0.578. The standard InChI is InChI=1S/C16H20N2/c1-3-18-16(15-11-7-6-8-12-15)13-9-4-5-10-14-17-2/h3-8,10-12,14,16,18H,1-2,9,13H2/b5-4-,14-10-. The van der Waals surface area contributed by atoms with Crippen molar-refractivity contribution >= 4 is 6.72 Å². The molecule has 0 aliphatic heterocycles. The van der Waals surface area contributed by atoms with Gasteiger partial charge in [0.05, 0.1) is 6.04 Å². The molecule has 2 heteroatoms. The van der Waals surface area contributed by atoms with Crippen LogP contribution in [0.4, 0.5) is 0 Å². The second-order valence-electron chi connectivity index (χ2n) is 3.86. The lowest BCUT2D eigenvalue weighted by Crippen LogP contribution is -2.14. The maximum atomic E-state index is 3.74. The summed E-state index contributed by atoms with van der Waals surface area (Å²) in [5, 5.41) is 3.28. The fourth-order valence-electron chi connectivity index (χ4n) is 1.72. The molecule has 0 spiro atoms. The molecule has 0 amide bonds. The summed E-state index contributed by atoms with van der Waals surface area (Å²) in [4.78, 5) is 3.64. The van der Waals surface area contributed by atoms with Crippen molar-refractivity contribution in [3.63, 3.8) is 0 Å². The van der Waals surface area contributed by atoms with Crippen molar-refractivity contribution < 1.29 is 0 Å². The summed E-state index contributed by atoms with van der Waals surface area (Å²) in [7, 11) is 0. The van der Waals surface area contributed by atoms with E-state index in [9.17, 15) is 0 Å². The largest absolute Gasteiger partial charge is 0.385 e. The Labute approximate surface area is 109 Å². The first-order chi connectivity index (χ1) is 8.88. The van der Waals surface area contributed by atoms with Crippen LogP contribution in [0.2, 0.25) is 0 Å². The average Bonchev–Trinajstić information content (AvgIpc) is 2.42. The number of hydrogen-bond acceptors (Lipinski definition) is 2. The van der Waals surface area contributed by atoms with Gasteiger partial charge < -0.3 is 5.32 Å². The minimum atomic E-state index is 0.315. The minimum absolute atomic E-state index is 0.315. The van der Waals surface area contributed by atoms with Crippen molar-refractivity contribution in [3.05, 3.63) is 73.1 Å². The SMILES string of the molecule is C=CNC(CC/C=C\C=C/N=C)c1ccccc1. The van der Waals surface area contributed by atoms with Crippen molar-refractivity contribution in [1.82, 2.24) is 5.32 Å². The Morgan fingerprint density at radius 3 is 2.67 bits per heavy atom. The number of nitrogens with zero attached hydrogens (tertiary/aromatic N) is 1. The van der Waals surface area contributed by atoms with Gasteiger partial charge in [0.1, 0.15) is 0 Å². The molecule has 0 saturated carbocycles. The second kappa shape index (κ2) is 8.99. The Hall–Kier alpha value is -2.09. The highest BCUT2D eigenvalue weighted by Crippen LogP contribution is 2.18. The maximum Gasteiger partial charge on any atom is 0.0511 e. The highest BCUT2D eigenvalue weighted by Gasteiger charge is 2.06. The lowest BCUT2D eigenvalue weighted by Gasteiger charge is -2.16. The number of allylic oxidation sites excluding steroid dienone is 3. The molecule has 0 aromatic heterocycles. The van der Waals surface area contributed by atoms with Crippen molar-refractivity contribution in [2.24, 2.45) is 4.99 Å². The van der Waals surface area contributed by atoms with E-state index in [1.807, 2.05) is 18.2 Å². The number of aliphatic imine (C=N–C) groups is 1. The van der Waals surface area contributed by atoms with Crippen LogP contribution in [0, 0.1) is 0 Å². The van der Waals surface area contributed by atoms with E-state index < -0.39 is 0 Å². The summed E-state index contributed by atoms with van der Waals surface area (Å²) >= 11 is 0. The summed E-state index contributed by atoms with van der Waals surface area (Å²) < 4.78 is 0. The molecular formula is C16H20N2. The van der Waals surface area contributed by atoms with E-state index in [1.165, 1.54) is 5.56 Å². The second-order valence-corrected chi connectivity index (χ2v) is 3.86. The van der Waals surface area contributed by atoms with Crippen LogP contribution in [0.5, 0.6) is 0 Å². The van der Waals surface area contributed by atoms with Crippen LogP contribution in [0.1, 0.15) is 24.4 Å². The van der Waals surface area contributed by atoms with E-state index in [4.69, 9.17) is 0 Å². The molecule has 1 atom stereocenters. The molecule has 1 unspecified atom stereocenters. The van der Waals surface area contributed by atoms with Crippen LogP contribution in [0.25, 0.3) is 0 Å². The van der Waals surface area contributed by atoms with Crippen LogP contribution in [0.15, 0.2) is 72.5 Å². The van der Waals surface area contributed by atoms with Crippen LogP contribution < -0.4 is 5.32 Å². The van der Waals surface area contributed by atoms with Crippen molar-refractivity contribution in [3.8, 4) is 0 Å². The van der Waals surface area contributed by atoms with E-state index in [-0.39, 0.29) is 0 Å².